The molecule has 4 nitrogen and oxygen atoms in total. The van der Waals surface area contributed by atoms with E-state index in [1.807, 2.05) is 19.1 Å². The van der Waals surface area contributed by atoms with Crippen LogP contribution in [-0.2, 0) is 12.2 Å². The third-order valence-electron chi connectivity index (χ3n) is 5.15. The summed E-state index contributed by atoms with van der Waals surface area (Å²) in [5, 5.41) is 3.72. The van der Waals surface area contributed by atoms with E-state index >= 15 is 4.39 Å². The van der Waals surface area contributed by atoms with Crippen LogP contribution in [0.2, 0.25) is 5.15 Å². The third-order valence-corrected chi connectivity index (χ3v) is 6.81. The molecule has 8 heteroatoms. The number of thiophene rings is 1. The quantitative estimate of drug-likeness (QED) is 0.502. The minimum atomic E-state index is -1.49. The Morgan fingerprint density at radius 2 is 2.30 bits per heavy atom. The van der Waals surface area contributed by atoms with Gasteiger partial charge < -0.3 is 15.5 Å². The number of aromatic nitrogens is 1. The van der Waals surface area contributed by atoms with Crippen LogP contribution in [0.15, 0.2) is 28.9 Å². The number of pyridine rings is 1. The van der Waals surface area contributed by atoms with Crippen LogP contribution in [0.1, 0.15) is 41.9 Å². The Kier molecular flexibility index (Phi) is 6.01. The molecule has 0 radical (unpaired) electrons. The Bertz CT molecular complexity index is 931. The molecule has 0 amide bonds. The van der Waals surface area contributed by atoms with Gasteiger partial charge in [0.25, 0.3) is 0 Å². The first kappa shape index (κ1) is 20.4. The van der Waals surface area contributed by atoms with Crippen molar-refractivity contribution in [3.63, 3.8) is 0 Å². The summed E-state index contributed by atoms with van der Waals surface area (Å²) in [6.07, 6.45) is 4.65. The summed E-state index contributed by atoms with van der Waals surface area (Å²) < 4.78 is 22.1. The molecular formula is C19H22Cl2FN3OS. The number of anilines is 1. The van der Waals surface area contributed by atoms with Crippen LogP contribution < -0.4 is 11.1 Å². The van der Waals surface area contributed by atoms with Gasteiger partial charge in [-0.1, -0.05) is 18.0 Å². The Morgan fingerprint density at radius 1 is 1.48 bits per heavy atom. The Labute approximate surface area is 172 Å². The fourth-order valence-electron chi connectivity index (χ4n) is 3.71. The van der Waals surface area contributed by atoms with Gasteiger partial charge >= 0.3 is 0 Å². The van der Waals surface area contributed by atoms with Gasteiger partial charge in [-0.15, -0.1) is 23.7 Å². The second-order valence-electron chi connectivity index (χ2n) is 6.87. The van der Waals surface area contributed by atoms with Crippen LogP contribution in [0.25, 0.3) is 10.2 Å². The number of alkyl halides is 1. The number of halogens is 3. The summed E-state index contributed by atoms with van der Waals surface area (Å²) >= 11 is 7.66. The molecule has 1 aliphatic rings. The predicted octanol–water partition coefficient (Wildman–Crippen LogP) is 5.95. The van der Waals surface area contributed by atoms with E-state index in [-0.39, 0.29) is 12.4 Å². The Balaban J connectivity index is 0.00000210. The van der Waals surface area contributed by atoms with Crippen molar-refractivity contribution in [2.75, 3.05) is 5.32 Å². The third kappa shape index (κ3) is 3.68. The molecule has 1 fully saturated rings. The largest absolute Gasteiger partial charge is 0.467 e. The number of nitrogens with one attached hydrogen (secondary N) is 1. The summed E-state index contributed by atoms with van der Waals surface area (Å²) in [7, 11) is 0. The van der Waals surface area contributed by atoms with Crippen molar-refractivity contribution in [1.29, 1.82) is 0 Å². The number of rotatable bonds is 4. The second kappa shape index (κ2) is 7.95. The van der Waals surface area contributed by atoms with Crippen molar-refractivity contribution >= 4 is 51.2 Å². The van der Waals surface area contributed by atoms with Gasteiger partial charge in [-0.3, -0.25) is 0 Å². The number of fused-ring (bicyclic) bond motifs is 1. The maximum atomic E-state index is 15.8. The van der Waals surface area contributed by atoms with E-state index in [1.165, 1.54) is 11.3 Å². The van der Waals surface area contributed by atoms with Crippen molar-refractivity contribution in [3.05, 3.63) is 45.8 Å². The monoisotopic (exact) mass is 429 g/mol. The molecule has 0 aliphatic heterocycles. The van der Waals surface area contributed by atoms with Crippen molar-refractivity contribution in [2.24, 2.45) is 5.73 Å². The lowest BCUT2D eigenvalue weighted by atomic mass is 9.80. The SMILES string of the molecule is Cc1c([C@@]2(F)CCCC[C@@H]2N)sc2c(NCc3ccco3)cc(Cl)nc12.Cl. The molecule has 3 N–H and O–H groups in total. The molecule has 3 aromatic rings. The second-order valence-corrected chi connectivity index (χ2v) is 8.28. The molecule has 0 bridgehead atoms. The van der Waals surface area contributed by atoms with E-state index in [4.69, 9.17) is 21.8 Å². The van der Waals surface area contributed by atoms with E-state index in [0.717, 1.165) is 40.1 Å². The average Bonchev–Trinajstić information content (AvgIpc) is 3.24. The molecule has 0 saturated heterocycles. The van der Waals surface area contributed by atoms with Gasteiger partial charge in [0.05, 0.1) is 28.7 Å². The number of aryl methyl sites for hydroxylation is 1. The highest BCUT2D eigenvalue weighted by molar-refractivity contribution is 7.20. The molecule has 1 saturated carbocycles. The van der Waals surface area contributed by atoms with E-state index in [1.54, 1.807) is 12.3 Å². The highest BCUT2D eigenvalue weighted by Gasteiger charge is 2.43. The van der Waals surface area contributed by atoms with Crippen LogP contribution in [0, 0.1) is 6.92 Å². The van der Waals surface area contributed by atoms with E-state index < -0.39 is 11.7 Å². The number of nitrogens with two attached hydrogens (primary N) is 1. The summed E-state index contributed by atoms with van der Waals surface area (Å²) in [5.41, 5.74) is 7.12. The van der Waals surface area contributed by atoms with Gasteiger partial charge in [0.1, 0.15) is 10.9 Å². The van der Waals surface area contributed by atoms with Gasteiger partial charge in [-0.05, 0) is 43.9 Å². The van der Waals surface area contributed by atoms with Crippen molar-refractivity contribution in [3.8, 4) is 0 Å². The number of furan rings is 1. The molecule has 0 spiro atoms. The molecule has 0 unspecified atom stereocenters. The normalized spacial score (nSPS) is 22.6. The molecule has 3 aromatic heterocycles. The number of hydrogen-bond donors (Lipinski definition) is 2. The standard InChI is InChI=1S/C19H21ClFN3OS.ClH/c1-11-16-17(26-18(11)19(21)7-3-2-6-14(19)22)13(9-15(20)24-16)23-10-12-5-4-8-25-12;/h4-5,8-9,14H,2-3,6-7,10,22H2,1H3,(H,23,24);1H/t14-,19+;/m0./s1. The first-order valence-corrected chi connectivity index (χ1v) is 9.99. The zero-order valence-electron chi connectivity index (χ0n) is 14.9. The topological polar surface area (TPSA) is 64.1 Å². The van der Waals surface area contributed by atoms with Gasteiger partial charge in [-0.25, -0.2) is 9.37 Å². The maximum Gasteiger partial charge on any atom is 0.160 e. The smallest absolute Gasteiger partial charge is 0.160 e. The molecule has 0 aromatic carbocycles. The average molecular weight is 430 g/mol. The lowest BCUT2D eigenvalue weighted by Crippen LogP contribution is -2.44. The fourth-order valence-corrected chi connectivity index (χ4v) is 5.32. The molecule has 1 aliphatic carbocycles. The summed E-state index contributed by atoms with van der Waals surface area (Å²) in [6.45, 7) is 2.44. The van der Waals surface area contributed by atoms with Crippen molar-refractivity contribution in [2.45, 2.75) is 50.9 Å². The van der Waals surface area contributed by atoms with Gasteiger partial charge in [0, 0.05) is 17.0 Å². The van der Waals surface area contributed by atoms with Crippen LogP contribution in [0.5, 0.6) is 0 Å². The lowest BCUT2D eigenvalue weighted by Gasteiger charge is -2.35. The highest BCUT2D eigenvalue weighted by atomic mass is 35.5. The van der Waals surface area contributed by atoms with E-state index in [2.05, 4.69) is 10.3 Å². The summed E-state index contributed by atoms with van der Waals surface area (Å²) in [5.74, 6) is 0.816. The maximum absolute atomic E-state index is 15.8. The Hall–Kier alpha value is -1.34. The van der Waals surface area contributed by atoms with Gasteiger partial charge in [0.2, 0.25) is 0 Å². The molecular weight excluding hydrogens is 408 g/mol. The number of nitrogens with zero attached hydrogens (tertiary/aromatic N) is 1. The van der Waals surface area contributed by atoms with Crippen molar-refractivity contribution in [1.82, 2.24) is 4.98 Å². The summed E-state index contributed by atoms with van der Waals surface area (Å²) in [6, 6.07) is 5.04. The van der Waals surface area contributed by atoms with E-state index in [0.29, 0.717) is 29.4 Å². The summed E-state index contributed by atoms with van der Waals surface area (Å²) in [4.78, 5) is 5.15. The van der Waals surface area contributed by atoms with Crippen LogP contribution >= 0.6 is 35.3 Å². The highest BCUT2D eigenvalue weighted by Crippen LogP contribution is 2.48. The predicted molar refractivity (Wildman–Crippen MR) is 112 cm³/mol. The molecule has 146 valence electrons. The Morgan fingerprint density at radius 3 is 3.00 bits per heavy atom. The first-order chi connectivity index (χ1) is 12.5. The minimum absolute atomic E-state index is 0. The zero-order chi connectivity index (χ0) is 18.3. The molecule has 3 heterocycles. The minimum Gasteiger partial charge on any atom is -0.467 e. The van der Waals surface area contributed by atoms with E-state index in [9.17, 15) is 0 Å². The fraction of sp³-hybridized carbons (Fsp3) is 0.421. The van der Waals surface area contributed by atoms with Gasteiger partial charge in [-0.2, -0.15) is 0 Å². The molecule has 4 rings (SSSR count). The molecule has 2 atom stereocenters. The zero-order valence-corrected chi connectivity index (χ0v) is 17.3. The van der Waals surface area contributed by atoms with Crippen LogP contribution in [-0.4, -0.2) is 11.0 Å². The van der Waals surface area contributed by atoms with Crippen molar-refractivity contribution < 1.29 is 8.81 Å². The first-order valence-electron chi connectivity index (χ1n) is 8.80. The lowest BCUT2D eigenvalue weighted by molar-refractivity contribution is 0.0830. The van der Waals surface area contributed by atoms with Gasteiger partial charge in [0.15, 0.2) is 5.67 Å². The van der Waals surface area contributed by atoms with Crippen LogP contribution in [0.3, 0.4) is 0 Å². The molecule has 27 heavy (non-hydrogen) atoms. The van der Waals surface area contributed by atoms with Crippen LogP contribution in [0.4, 0.5) is 10.1 Å². The number of hydrogen-bond acceptors (Lipinski definition) is 5.